The normalized spacial score (nSPS) is 14.8. The van der Waals surface area contributed by atoms with Gasteiger partial charge < -0.3 is 9.31 Å². The number of nitriles is 1. The Morgan fingerprint density at radius 1 is 0.685 bits per heavy atom. The maximum absolute atomic E-state index is 12.6. The lowest BCUT2D eigenvalue weighted by Gasteiger charge is -2.32. The van der Waals surface area contributed by atoms with E-state index in [2.05, 4.69) is 19.4 Å². The maximum atomic E-state index is 12.6. The molecule has 19 heteroatoms. The van der Waals surface area contributed by atoms with Crippen molar-refractivity contribution in [2.45, 2.75) is 48.7 Å². The molecule has 1 aliphatic heterocycles. The molecule has 0 radical (unpaired) electrons. The topological polar surface area (TPSA) is 160 Å². The predicted molar refractivity (Wildman–Crippen MR) is 214 cm³/mol. The number of rotatable bonds is 8. The molecule has 0 amide bonds. The Morgan fingerprint density at radius 2 is 1.13 bits per heavy atom. The maximum Gasteiger partial charge on any atom is 0.494 e. The number of halogens is 5. The van der Waals surface area contributed by atoms with E-state index in [0.717, 1.165) is 5.46 Å². The molecule has 1 aliphatic rings. The first-order chi connectivity index (χ1) is 25.2. The molecular formula is C35H29BCl5N5O6S2. The van der Waals surface area contributed by atoms with Crippen molar-refractivity contribution in [2.24, 2.45) is 0 Å². The quantitative estimate of drug-likeness (QED) is 0.145. The average molecular weight is 868 g/mol. The van der Waals surface area contributed by atoms with Crippen LogP contribution in [0.5, 0.6) is 0 Å². The van der Waals surface area contributed by atoms with Gasteiger partial charge in [-0.2, -0.15) is 5.26 Å². The first-order valence-electron chi connectivity index (χ1n) is 15.7. The lowest BCUT2D eigenvalue weighted by Crippen LogP contribution is -2.41. The van der Waals surface area contributed by atoms with E-state index in [1.807, 2.05) is 33.8 Å². The van der Waals surface area contributed by atoms with E-state index < -0.39 is 38.4 Å². The summed E-state index contributed by atoms with van der Waals surface area (Å²) in [6, 6.07) is 23.9. The van der Waals surface area contributed by atoms with Crippen molar-refractivity contribution in [3.8, 4) is 17.3 Å². The molecule has 11 nitrogen and oxygen atoms in total. The SMILES string of the molecule is CC1(C)OB(c2ccc(NS(=O)(=O)c3cccc(Cl)c3Cl)cc2)OC1(C)C.N#Cc1ncc(-c2ccc(NS(=O)(=O)c3cccc(Cl)c3Cl)cc2)nc1Cl. The Balaban J connectivity index is 0.000000208. The zero-order chi connectivity index (χ0) is 39.6. The molecule has 0 saturated carbocycles. The van der Waals surface area contributed by atoms with Crippen LogP contribution in [-0.4, -0.2) is 45.1 Å². The van der Waals surface area contributed by atoms with Crippen molar-refractivity contribution in [1.29, 1.82) is 5.26 Å². The van der Waals surface area contributed by atoms with Crippen molar-refractivity contribution in [3.05, 3.63) is 122 Å². The van der Waals surface area contributed by atoms with E-state index in [1.54, 1.807) is 48.5 Å². The highest BCUT2D eigenvalue weighted by molar-refractivity contribution is 7.93. The number of benzene rings is 4. The van der Waals surface area contributed by atoms with Gasteiger partial charge in [0.05, 0.1) is 43.2 Å². The van der Waals surface area contributed by atoms with Gasteiger partial charge in [0, 0.05) is 16.9 Å². The molecule has 1 fully saturated rings. The van der Waals surface area contributed by atoms with Crippen LogP contribution in [0.25, 0.3) is 11.3 Å². The molecule has 1 aromatic heterocycles. The van der Waals surface area contributed by atoms with Crippen molar-refractivity contribution < 1.29 is 26.1 Å². The van der Waals surface area contributed by atoms with E-state index in [0.29, 0.717) is 22.6 Å². The minimum absolute atomic E-state index is 0.00428. The summed E-state index contributed by atoms with van der Waals surface area (Å²) in [7, 11) is -8.29. The van der Waals surface area contributed by atoms with Gasteiger partial charge in [-0.1, -0.05) is 94.4 Å². The summed E-state index contributed by atoms with van der Waals surface area (Å²) >= 11 is 29.7. The summed E-state index contributed by atoms with van der Waals surface area (Å²) < 4.78 is 67.1. The minimum atomic E-state index is -3.91. The minimum Gasteiger partial charge on any atom is -0.399 e. The lowest BCUT2D eigenvalue weighted by atomic mass is 9.79. The standard InChI is InChI=1S/C18H20BCl2NO4S.C17H9Cl3N4O2S/c1-17(2)18(3,4)26-19(25-17)12-8-10-13(11-9-12)22-27(23,24)15-7-5-6-14(20)16(15)21;18-12-2-1-3-15(16(12)19)27(25,26)24-11-6-4-10(5-7-11)14-9-22-13(8-21)17(20)23-14/h5-11,22H,1-4H3;1-7,9,24H. The Labute approximate surface area is 338 Å². The van der Waals surface area contributed by atoms with E-state index in [1.165, 1.54) is 42.6 Å². The highest BCUT2D eigenvalue weighted by Crippen LogP contribution is 2.37. The van der Waals surface area contributed by atoms with Crippen LogP contribution in [0.3, 0.4) is 0 Å². The zero-order valence-corrected chi connectivity index (χ0v) is 34.1. The Kier molecular flexibility index (Phi) is 12.5. The smallest absolute Gasteiger partial charge is 0.399 e. The van der Waals surface area contributed by atoms with Crippen molar-refractivity contribution in [3.63, 3.8) is 0 Å². The summed E-state index contributed by atoms with van der Waals surface area (Å²) in [5.41, 5.74) is 1.76. The van der Waals surface area contributed by atoms with E-state index in [4.69, 9.17) is 72.6 Å². The third-order valence-electron chi connectivity index (χ3n) is 8.37. The fourth-order valence-electron chi connectivity index (χ4n) is 4.78. The molecule has 0 bridgehead atoms. The van der Waals surface area contributed by atoms with E-state index in [-0.39, 0.29) is 40.7 Å². The summed E-state index contributed by atoms with van der Waals surface area (Å²) in [5, 5.41) is 9.09. The molecule has 0 aliphatic carbocycles. The number of nitrogens with zero attached hydrogens (tertiary/aromatic N) is 3. The Morgan fingerprint density at radius 3 is 1.56 bits per heavy atom. The van der Waals surface area contributed by atoms with Crippen LogP contribution in [-0.2, 0) is 29.4 Å². The van der Waals surface area contributed by atoms with Crippen LogP contribution in [0, 0.1) is 11.3 Å². The number of hydrogen-bond donors (Lipinski definition) is 2. The molecule has 2 N–H and O–H groups in total. The molecule has 4 aromatic carbocycles. The van der Waals surface area contributed by atoms with Crippen LogP contribution < -0.4 is 14.9 Å². The van der Waals surface area contributed by atoms with Crippen LogP contribution >= 0.6 is 58.0 Å². The van der Waals surface area contributed by atoms with Crippen LogP contribution in [0.2, 0.25) is 25.2 Å². The van der Waals surface area contributed by atoms with E-state index in [9.17, 15) is 16.8 Å². The third-order valence-corrected chi connectivity index (χ3v) is 13.3. The molecule has 0 atom stereocenters. The van der Waals surface area contributed by atoms with Gasteiger partial charge in [-0.15, -0.1) is 0 Å². The molecule has 54 heavy (non-hydrogen) atoms. The van der Waals surface area contributed by atoms with E-state index >= 15 is 0 Å². The lowest BCUT2D eigenvalue weighted by molar-refractivity contribution is 0.00578. The summed E-state index contributed by atoms with van der Waals surface area (Å²) in [6.45, 7) is 7.91. The van der Waals surface area contributed by atoms with Crippen LogP contribution in [0.4, 0.5) is 11.4 Å². The summed E-state index contributed by atoms with van der Waals surface area (Å²) in [6.07, 6.45) is 1.41. The second-order valence-corrected chi connectivity index (χ2v) is 17.8. The fourth-order valence-corrected chi connectivity index (χ4v) is 8.60. The van der Waals surface area contributed by atoms with Gasteiger partial charge in [-0.05, 0) is 81.7 Å². The largest absolute Gasteiger partial charge is 0.494 e. The first-order valence-corrected chi connectivity index (χ1v) is 20.5. The molecule has 0 unspecified atom stereocenters. The summed E-state index contributed by atoms with van der Waals surface area (Å²) in [4.78, 5) is 7.82. The number of nitrogens with one attached hydrogen (secondary N) is 2. The van der Waals surface area contributed by atoms with Crippen LogP contribution in [0.1, 0.15) is 33.4 Å². The van der Waals surface area contributed by atoms with Gasteiger partial charge in [0.15, 0.2) is 10.8 Å². The monoisotopic (exact) mass is 865 g/mol. The number of aromatic nitrogens is 2. The first kappa shape index (κ1) is 41.5. The summed E-state index contributed by atoms with van der Waals surface area (Å²) in [5.74, 6) is 0. The molecule has 1 saturated heterocycles. The van der Waals surface area contributed by atoms with Gasteiger partial charge in [0.25, 0.3) is 20.0 Å². The molecule has 6 rings (SSSR count). The molecule has 5 aromatic rings. The van der Waals surface area contributed by atoms with Gasteiger partial charge in [-0.3, -0.25) is 9.44 Å². The molecule has 2 heterocycles. The van der Waals surface area contributed by atoms with Crippen LogP contribution in [0.15, 0.2) is 101 Å². The third kappa shape index (κ3) is 9.25. The zero-order valence-electron chi connectivity index (χ0n) is 28.7. The molecule has 280 valence electrons. The van der Waals surface area contributed by atoms with Gasteiger partial charge >= 0.3 is 7.12 Å². The van der Waals surface area contributed by atoms with Gasteiger partial charge in [0.2, 0.25) is 0 Å². The highest BCUT2D eigenvalue weighted by atomic mass is 35.5. The number of anilines is 2. The second-order valence-electron chi connectivity index (χ2n) is 12.6. The molecule has 0 spiro atoms. The predicted octanol–water partition coefficient (Wildman–Crippen LogP) is 8.87. The highest BCUT2D eigenvalue weighted by Gasteiger charge is 2.51. The van der Waals surface area contributed by atoms with Crippen molar-refractivity contribution in [1.82, 2.24) is 9.97 Å². The fraction of sp³-hybridized carbons (Fsp3) is 0.171. The van der Waals surface area contributed by atoms with Gasteiger partial charge in [0.1, 0.15) is 15.9 Å². The Bertz CT molecular complexity index is 2450. The second kappa shape index (κ2) is 16.2. The number of sulfonamides is 2. The van der Waals surface area contributed by atoms with Crippen molar-refractivity contribution in [2.75, 3.05) is 9.44 Å². The Hall–Kier alpha value is -3.62. The average Bonchev–Trinajstić information content (AvgIpc) is 3.33. The number of hydrogen-bond acceptors (Lipinski definition) is 9. The van der Waals surface area contributed by atoms with Gasteiger partial charge in [-0.25, -0.2) is 26.8 Å². The molecular weight excluding hydrogens is 839 g/mol. The van der Waals surface area contributed by atoms with Crippen molar-refractivity contribution >= 4 is 102 Å².